The predicted octanol–water partition coefficient (Wildman–Crippen LogP) is 3.12. The smallest absolute Gasteiger partial charge is 0.255 e. The van der Waals surface area contributed by atoms with E-state index in [-0.39, 0.29) is 5.91 Å². The normalized spacial score (nSPS) is 10.2. The van der Waals surface area contributed by atoms with Crippen molar-refractivity contribution in [2.24, 2.45) is 0 Å². The molecule has 0 N–H and O–H groups in total. The van der Waals surface area contributed by atoms with Gasteiger partial charge in [0.15, 0.2) is 0 Å². The van der Waals surface area contributed by atoms with Crippen molar-refractivity contribution >= 4 is 21.8 Å². The van der Waals surface area contributed by atoms with Gasteiger partial charge in [0, 0.05) is 17.7 Å². The van der Waals surface area contributed by atoms with Gasteiger partial charge < -0.3 is 9.64 Å². The Bertz CT molecular complexity index is 602. The quantitative estimate of drug-likeness (QED) is 0.862. The van der Waals surface area contributed by atoms with E-state index in [0.717, 1.165) is 10.2 Å². The molecule has 0 atom stereocenters. The average molecular weight is 335 g/mol. The number of carbonyl (C=O) groups excluding carboxylic acids is 1. The number of ether oxygens (including phenoxy) is 1. The highest BCUT2D eigenvalue weighted by atomic mass is 79.9. The van der Waals surface area contributed by atoms with Crippen LogP contribution >= 0.6 is 15.9 Å². The maximum atomic E-state index is 12.4. The largest absolute Gasteiger partial charge is 0.497 e. The molecule has 4 nitrogen and oxygen atoms in total. The molecule has 0 spiro atoms. The third kappa shape index (κ3) is 3.36. The Morgan fingerprint density at radius 3 is 2.75 bits per heavy atom. The monoisotopic (exact) mass is 334 g/mol. The predicted molar refractivity (Wildman–Crippen MR) is 80.7 cm³/mol. The number of benzene rings is 1. The second kappa shape index (κ2) is 6.52. The summed E-state index contributed by atoms with van der Waals surface area (Å²) in [6.07, 6.45) is 1.72. The number of methoxy groups -OCH3 is 1. The fourth-order valence-electron chi connectivity index (χ4n) is 1.81. The Morgan fingerprint density at radius 2 is 2.15 bits per heavy atom. The van der Waals surface area contributed by atoms with Crippen molar-refractivity contribution in [3.05, 3.63) is 58.3 Å². The summed E-state index contributed by atoms with van der Waals surface area (Å²) in [4.78, 5) is 18.2. The van der Waals surface area contributed by atoms with Crippen molar-refractivity contribution < 1.29 is 9.53 Å². The van der Waals surface area contributed by atoms with Crippen LogP contribution in [0.25, 0.3) is 0 Å². The van der Waals surface area contributed by atoms with Crippen molar-refractivity contribution in [1.82, 2.24) is 9.88 Å². The van der Waals surface area contributed by atoms with Crippen LogP contribution in [0.4, 0.5) is 0 Å². The number of rotatable bonds is 4. The molecule has 1 aromatic heterocycles. The van der Waals surface area contributed by atoms with E-state index in [0.29, 0.717) is 17.9 Å². The van der Waals surface area contributed by atoms with Crippen LogP contribution in [0.15, 0.2) is 47.1 Å². The molecule has 2 aromatic rings. The molecule has 0 saturated carbocycles. The lowest BCUT2D eigenvalue weighted by Crippen LogP contribution is -2.26. The molecule has 0 fully saturated rings. The van der Waals surface area contributed by atoms with Crippen LogP contribution in [0.3, 0.4) is 0 Å². The molecule has 0 unspecified atom stereocenters. The highest BCUT2D eigenvalue weighted by Crippen LogP contribution is 2.24. The number of nitrogens with zero attached hydrogens (tertiary/aromatic N) is 2. The molecular weight excluding hydrogens is 320 g/mol. The van der Waals surface area contributed by atoms with Crippen molar-refractivity contribution in [2.75, 3.05) is 14.2 Å². The summed E-state index contributed by atoms with van der Waals surface area (Å²) in [6, 6.07) is 11.0. The first kappa shape index (κ1) is 14.5. The SMILES string of the molecule is COc1ccc(C(=O)N(C)Cc2ccccn2)c(Br)c1. The lowest BCUT2D eigenvalue weighted by molar-refractivity contribution is 0.0782. The van der Waals surface area contributed by atoms with Crippen LogP contribution in [-0.2, 0) is 6.54 Å². The second-order valence-corrected chi connectivity index (χ2v) is 5.18. The Balaban J connectivity index is 2.14. The molecule has 1 aromatic carbocycles. The van der Waals surface area contributed by atoms with Gasteiger partial charge in [-0.3, -0.25) is 9.78 Å². The molecule has 104 valence electrons. The minimum Gasteiger partial charge on any atom is -0.497 e. The zero-order chi connectivity index (χ0) is 14.5. The van der Waals surface area contributed by atoms with Gasteiger partial charge in [0.05, 0.1) is 24.9 Å². The number of halogens is 1. The maximum absolute atomic E-state index is 12.4. The molecule has 0 aliphatic rings. The van der Waals surface area contributed by atoms with Gasteiger partial charge in [-0.15, -0.1) is 0 Å². The van der Waals surface area contributed by atoms with E-state index in [9.17, 15) is 4.79 Å². The van der Waals surface area contributed by atoms with Crippen molar-refractivity contribution in [1.29, 1.82) is 0 Å². The number of carbonyl (C=O) groups is 1. The second-order valence-electron chi connectivity index (χ2n) is 4.33. The van der Waals surface area contributed by atoms with Crippen LogP contribution in [0.5, 0.6) is 5.75 Å². The fraction of sp³-hybridized carbons (Fsp3) is 0.200. The average Bonchev–Trinajstić information content (AvgIpc) is 2.47. The first-order valence-electron chi connectivity index (χ1n) is 6.10. The first-order valence-corrected chi connectivity index (χ1v) is 6.90. The molecular formula is C15H15BrN2O2. The standard InChI is InChI=1S/C15H15BrN2O2/c1-18(10-11-5-3-4-8-17-11)15(19)13-7-6-12(20-2)9-14(13)16/h3-9H,10H2,1-2H3. The third-order valence-corrected chi connectivity index (χ3v) is 3.53. The summed E-state index contributed by atoms with van der Waals surface area (Å²) in [5.41, 5.74) is 1.46. The Labute approximate surface area is 126 Å². The number of aromatic nitrogens is 1. The topological polar surface area (TPSA) is 42.4 Å². The van der Waals surface area contributed by atoms with Crippen molar-refractivity contribution in [3.63, 3.8) is 0 Å². The highest BCUT2D eigenvalue weighted by molar-refractivity contribution is 9.10. The summed E-state index contributed by atoms with van der Waals surface area (Å²) >= 11 is 3.40. The van der Waals surface area contributed by atoms with Crippen molar-refractivity contribution in [3.8, 4) is 5.75 Å². The molecule has 0 radical (unpaired) electrons. The molecule has 0 aliphatic carbocycles. The summed E-state index contributed by atoms with van der Waals surface area (Å²) < 4.78 is 5.84. The van der Waals surface area contributed by atoms with Crippen LogP contribution in [0.2, 0.25) is 0 Å². The summed E-state index contributed by atoms with van der Waals surface area (Å²) in [5.74, 6) is 0.644. The Morgan fingerprint density at radius 1 is 1.35 bits per heavy atom. The molecule has 2 rings (SSSR count). The number of hydrogen-bond donors (Lipinski definition) is 0. The summed E-state index contributed by atoms with van der Waals surface area (Å²) in [5, 5.41) is 0. The van der Waals surface area contributed by atoms with Gasteiger partial charge in [0.2, 0.25) is 0 Å². The van der Waals surface area contributed by atoms with E-state index in [1.165, 1.54) is 0 Å². The fourth-order valence-corrected chi connectivity index (χ4v) is 2.34. The number of amides is 1. The van der Waals surface area contributed by atoms with Gasteiger partial charge in [-0.05, 0) is 46.3 Å². The van der Waals surface area contributed by atoms with Gasteiger partial charge in [-0.25, -0.2) is 0 Å². The minimum atomic E-state index is -0.0646. The van der Waals surface area contributed by atoms with Gasteiger partial charge >= 0.3 is 0 Å². The third-order valence-electron chi connectivity index (χ3n) is 2.88. The first-order chi connectivity index (χ1) is 9.61. The van der Waals surface area contributed by atoms with Gasteiger partial charge in [0.25, 0.3) is 5.91 Å². The summed E-state index contributed by atoms with van der Waals surface area (Å²) in [7, 11) is 3.35. The lowest BCUT2D eigenvalue weighted by atomic mass is 10.2. The van der Waals surface area contributed by atoms with E-state index in [1.54, 1.807) is 43.5 Å². The van der Waals surface area contributed by atoms with E-state index >= 15 is 0 Å². The van der Waals surface area contributed by atoms with Crippen LogP contribution in [0.1, 0.15) is 16.1 Å². The molecule has 1 heterocycles. The van der Waals surface area contributed by atoms with E-state index in [4.69, 9.17) is 4.74 Å². The van der Waals surface area contributed by atoms with Gasteiger partial charge in [-0.1, -0.05) is 6.07 Å². The number of pyridine rings is 1. The summed E-state index contributed by atoms with van der Waals surface area (Å²) in [6.45, 7) is 0.470. The van der Waals surface area contributed by atoms with Gasteiger partial charge in [-0.2, -0.15) is 0 Å². The van der Waals surface area contributed by atoms with E-state index in [2.05, 4.69) is 20.9 Å². The molecule has 0 saturated heterocycles. The molecule has 5 heteroatoms. The van der Waals surface area contributed by atoms with Crippen LogP contribution in [0, 0.1) is 0 Å². The van der Waals surface area contributed by atoms with E-state index < -0.39 is 0 Å². The van der Waals surface area contributed by atoms with Crippen LogP contribution < -0.4 is 4.74 Å². The lowest BCUT2D eigenvalue weighted by Gasteiger charge is -2.17. The Hall–Kier alpha value is -1.88. The van der Waals surface area contributed by atoms with E-state index in [1.807, 2.05) is 18.2 Å². The Kier molecular flexibility index (Phi) is 4.74. The zero-order valence-electron chi connectivity index (χ0n) is 11.3. The highest BCUT2D eigenvalue weighted by Gasteiger charge is 2.16. The zero-order valence-corrected chi connectivity index (χ0v) is 12.9. The van der Waals surface area contributed by atoms with Crippen molar-refractivity contribution in [2.45, 2.75) is 6.54 Å². The maximum Gasteiger partial charge on any atom is 0.255 e. The molecule has 20 heavy (non-hydrogen) atoms. The molecule has 0 aliphatic heterocycles. The molecule has 0 bridgehead atoms. The van der Waals surface area contributed by atoms with Gasteiger partial charge in [0.1, 0.15) is 5.75 Å². The number of hydrogen-bond acceptors (Lipinski definition) is 3. The van der Waals surface area contributed by atoms with Crippen LogP contribution in [-0.4, -0.2) is 29.9 Å². The minimum absolute atomic E-state index is 0.0646. The molecule has 1 amide bonds.